The molecule has 0 bridgehead atoms. The third-order valence-corrected chi connectivity index (χ3v) is 3.87. The second-order valence-electron chi connectivity index (χ2n) is 5.10. The molecular formula is C16H25NO2. The van der Waals surface area contributed by atoms with E-state index in [-0.39, 0.29) is 17.9 Å². The Hall–Kier alpha value is -1.35. The van der Waals surface area contributed by atoms with E-state index in [1.807, 2.05) is 14.0 Å². The SMILES string of the molecule is CCC(C(=O)OC)C(NC)c1cc(C)c(C)cc1C. The molecule has 0 amide bonds. The number of hydrogen-bond donors (Lipinski definition) is 1. The van der Waals surface area contributed by atoms with Crippen LogP contribution in [0.4, 0.5) is 0 Å². The fraction of sp³-hybridized carbons (Fsp3) is 0.562. The molecular weight excluding hydrogens is 238 g/mol. The highest BCUT2D eigenvalue weighted by Crippen LogP contribution is 2.29. The van der Waals surface area contributed by atoms with Gasteiger partial charge in [-0.3, -0.25) is 4.79 Å². The average Bonchev–Trinajstić information content (AvgIpc) is 2.39. The van der Waals surface area contributed by atoms with E-state index in [0.29, 0.717) is 0 Å². The number of benzene rings is 1. The standard InChI is InChI=1S/C16H25NO2/c1-7-13(16(18)19-6)15(17-5)14-9-11(3)10(2)8-12(14)4/h8-9,13,15,17H,7H2,1-6H3. The molecule has 0 heterocycles. The minimum absolute atomic E-state index is 0.00301. The first-order valence-corrected chi connectivity index (χ1v) is 6.79. The number of nitrogens with one attached hydrogen (secondary N) is 1. The lowest BCUT2D eigenvalue weighted by Crippen LogP contribution is -2.32. The first kappa shape index (κ1) is 15.7. The van der Waals surface area contributed by atoms with E-state index in [0.717, 1.165) is 6.42 Å². The molecule has 0 aliphatic carbocycles. The van der Waals surface area contributed by atoms with Gasteiger partial charge in [0.05, 0.1) is 13.0 Å². The van der Waals surface area contributed by atoms with E-state index in [4.69, 9.17) is 4.74 Å². The Kier molecular flexibility index (Phi) is 5.55. The summed E-state index contributed by atoms with van der Waals surface area (Å²) in [4.78, 5) is 11.9. The Morgan fingerprint density at radius 2 is 1.79 bits per heavy atom. The highest BCUT2D eigenvalue weighted by atomic mass is 16.5. The molecule has 106 valence electrons. The van der Waals surface area contributed by atoms with Gasteiger partial charge in [-0.2, -0.15) is 0 Å². The number of methoxy groups -OCH3 is 1. The number of rotatable bonds is 5. The van der Waals surface area contributed by atoms with Gasteiger partial charge in [-0.15, -0.1) is 0 Å². The molecule has 3 nitrogen and oxygen atoms in total. The van der Waals surface area contributed by atoms with Crippen molar-refractivity contribution < 1.29 is 9.53 Å². The van der Waals surface area contributed by atoms with Crippen molar-refractivity contribution in [1.82, 2.24) is 5.32 Å². The molecule has 0 aliphatic heterocycles. The van der Waals surface area contributed by atoms with E-state index in [9.17, 15) is 4.79 Å². The van der Waals surface area contributed by atoms with Gasteiger partial charge >= 0.3 is 5.97 Å². The van der Waals surface area contributed by atoms with Gasteiger partial charge in [-0.05, 0) is 56.5 Å². The third-order valence-electron chi connectivity index (χ3n) is 3.87. The maximum Gasteiger partial charge on any atom is 0.310 e. The van der Waals surface area contributed by atoms with Gasteiger partial charge < -0.3 is 10.1 Å². The van der Waals surface area contributed by atoms with Crippen LogP contribution in [0.1, 0.15) is 41.6 Å². The summed E-state index contributed by atoms with van der Waals surface area (Å²) >= 11 is 0. The molecule has 1 aromatic rings. The Labute approximate surface area is 116 Å². The zero-order valence-corrected chi connectivity index (χ0v) is 12.8. The Bertz CT molecular complexity index is 454. The highest BCUT2D eigenvalue weighted by Gasteiger charge is 2.28. The van der Waals surface area contributed by atoms with E-state index < -0.39 is 0 Å². The quantitative estimate of drug-likeness (QED) is 0.830. The molecule has 3 heteroatoms. The van der Waals surface area contributed by atoms with E-state index >= 15 is 0 Å². The van der Waals surface area contributed by atoms with Gasteiger partial charge in [0.2, 0.25) is 0 Å². The maximum atomic E-state index is 11.9. The van der Waals surface area contributed by atoms with Crippen molar-refractivity contribution >= 4 is 5.97 Å². The van der Waals surface area contributed by atoms with Crippen LogP contribution in [-0.4, -0.2) is 20.1 Å². The fourth-order valence-corrected chi connectivity index (χ4v) is 2.58. The van der Waals surface area contributed by atoms with E-state index in [1.165, 1.54) is 29.4 Å². The number of aryl methyl sites for hydroxylation is 3. The first-order chi connectivity index (χ1) is 8.96. The topological polar surface area (TPSA) is 38.3 Å². The minimum atomic E-state index is -0.157. The first-order valence-electron chi connectivity index (χ1n) is 6.79. The fourth-order valence-electron chi connectivity index (χ4n) is 2.58. The van der Waals surface area contributed by atoms with Gasteiger partial charge in [0.15, 0.2) is 0 Å². The lowest BCUT2D eigenvalue weighted by atomic mass is 9.86. The van der Waals surface area contributed by atoms with Crippen molar-refractivity contribution in [2.24, 2.45) is 5.92 Å². The summed E-state index contributed by atoms with van der Waals surface area (Å²) < 4.78 is 4.92. The Morgan fingerprint density at radius 3 is 2.26 bits per heavy atom. The summed E-state index contributed by atoms with van der Waals surface area (Å²) in [7, 11) is 3.34. The molecule has 1 rings (SSSR count). The van der Waals surface area contributed by atoms with Crippen LogP contribution >= 0.6 is 0 Å². The molecule has 0 aliphatic rings. The molecule has 19 heavy (non-hydrogen) atoms. The highest BCUT2D eigenvalue weighted by molar-refractivity contribution is 5.73. The second-order valence-corrected chi connectivity index (χ2v) is 5.10. The zero-order chi connectivity index (χ0) is 14.6. The van der Waals surface area contributed by atoms with Gasteiger partial charge in [0.25, 0.3) is 0 Å². The van der Waals surface area contributed by atoms with E-state index in [2.05, 4.69) is 38.2 Å². The molecule has 2 atom stereocenters. The van der Waals surface area contributed by atoms with Crippen LogP contribution in [0, 0.1) is 26.7 Å². The summed E-state index contributed by atoms with van der Waals surface area (Å²) in [5.74, 6) is -0.310. The predicted molar refractivity (Wildman–Crippen MR) is 78.3 cm³/mol. The zero-order valence-electron chi connectivity index (χ0n) is 12.8. The third kappa shape index (κ3) is 3.35. The molecule has 0 radical (unpaired) electrons. The number of hydrogen-bond acceptors (Lipinski definition) is 3. The molecule has 1 N–H and O–H groups in total. The molecule has 0 saturated heterocycles. The van der Waals surface area contributed by atoms with Crippen molar-refractivity contribution in [2.75, 3.05) is 14.2 Å². The summed E-state index contributed by atoms with van der Waals surface area (Å²) in [6.45, 7) is 8.32. The van der Waals surface area contributed by atoms with Crippen LogP contribution in [0.5, 0.6) is 0 Å². The summed E-state index contributed by atoms with van der Waals surface area (Å²) in [5, 5.41) is 3.27. The summed E-state index contributed by atoms with van der Waals surface area (Å²) in [5.41, 5.74) is 4.93. The van der Waals surface area contributed by atoms with Crippen molar-refractivity contribution in [2.45, 2.75) is 40.2 Å². The van der Waals surface area contributed by atoms with Crippen LogP contribution in [-0.2, 0) is 9.53 Å². The Balaban J connectivity index is 3.22. The largest absolute Gasteiger partial charge is 0.469 e. The molecule has 0 aromatic heterocycles. The average molecular weight is 263 g/mol. The maximum absolute atomic E-state index is 11.9. The van der Waals surface area contributed by atoms with Crippen molar-refractivity contribution in [3.8, 4) is 0 Å². The number of carbonyl (C=O) groups is 1. The van der Waals surface area contributed by atoms with Gasteiger partial charge in [0, 0.05) is 6.04 Å². The van der Waals surface area contributed by atoms with Crippen LogP contribution < -0.4 is 5.32 Å². The normalized spacial score (nSPS) is 14.0. The van der Waals surface area contributed by atoms with Crippen molar-refractivity contribution in [1.29, 1.82) is 0 Å². The second kappa shape index (κ2) is 6.71. The van der Waals surface area contributed by atoms with Crippen LogP contribution in [0.3, 0.4) is 0 Å². The molecule has 0 saturated carbocycles. The predicted octanol–water partition coefficient (Wildman–Crippen LogP) is 3.07. The van der Waals surface area contributed by atoms with Crippen LogP contribution in [0.25, 0.3) is 0 Å². The van der Waals surface area contributed by atoms with Crippen LogP contribution in [0.2, 0.25) is 0 Å². The van der Waals surface area contributed by atoms with Gasteiger partial charge in [0.1, 0.15) is 0 Å². The smallest absolute Gasteiger partial charge is 0.310 e. The lowest BCUT2D eigenvalue weighted by Gasteiger charge is -2.26. The monoisotopic (exact) mass is 263 g/mol. The number of esters is 1. The molecule has 0 spiro atoms. The van der Waals surface area contributed by atoms with Crippen LogP contribution in [0.15, 0.2) is 12.1 Å². The van der Waals surface area contributed by atoms with Gasteiger partial charge in [-0.1, -0.05) is 19.1 Å². The summed E-state index contributed by atoms with van der Waals surface area (Å²) in [6, 6.07) is 4.35. The summed E-state index contributed by atoms with van der Waals surface area (Å²) in [6.07, 6.45) is 0.755. The number of carbonyl (C=O) groups excluding carboxylic acids is 1. The molecule has 0 fully saturated rings. The Morgan fingerprint density at radius 1 is 1.21 bits per heavy atom. The lowest BCUT2D eigenvalue weighted by molar-refractivity contribution is -0.146. The van der Waals surface area contributed by atoms with Crippen molar-refractivity contribution in [3.05, 3.63) is 34.4 Å². The minimum Gasteiger partial charge on any atom is -0.469 e. The molecule has 2 unspecified atom stereocenters. The van der Waals surface area contributed by atoms with E-state index in [1.54, 1.807) is 0 Å². The molecule has 1 aromatic carbocycles. The van der Waals surface area contributed by atoms with Crippen molar-refractivity contribution in [3.63, 3.8) is 0 Å². The number of ether oxygens (including phenoxy) is 1. The van der Waals surface area contributed by atoms with Gasteiger partial charge in [-0.25, -0.2) is 0 Å².